The summed E-state index contributed by atoms with van der Waals surface area (Å²) in [6, 6.07) is 5.69. The van der Waals surface area contributed by atoms with Crippen LogP contribution in [0.4, 0.5) is 20.3 Å². The van der Waals surface area contributed by atoms with E-state index in [0.29, 0.717) is 41.3 Å². The number of rotatable bonds is 5. The van der Waals surface area contributed by atoms with Crippen LogP contribution >= 0.6 is 10.6 Å². The molecule has 2 aliphatic rings. The highest BCUT2D eigenvalue weighted by molar-refractivity contribution is 8.26. The molecule has 3 aromatic rings. The Balaban J connectivity index is 1.56. The zero-order valence-electron chi connectivity index (χ0n) is 18.3. The molecule has 1 fully saturated rings. The number of nitrogens with one attached hydrogen (secondary N) is 1. The molecule has 1 atom stereocenters. The molecule has 1 aliphatic heterocycles. The van der Waals surface area contributed by atoms with Crippen molar-refractivity contribution in [3.8, 4) is 5.88 Å². The predicted octanol–water partition coefficient (Wildman–Crippen LogP) is 4.13. The molecule has 9 nitrogen and oxygen atoms in total. The maximum Gasteiger partial charge on any atom is 0.232 e. The van der Waals surface area contributed by atoms with Gasteiger partial charge in [0.15, 0.2) is 5.82 Å². The fourth-order valence-corrected chi connectivity index (χ4v) is 7.14. The Bertz CT molecular complexity index is 1300. The largest absolute Gasteiger partial charge is 0.480 e. The molecule has 180 valence electrons. The van der Waals surface area contributed by atoms with Gasteiger partial charge in [-0.05, 0) is 43.5 Å². The number of aromatic nitrogens is 3. The summed E-state index contributed by atoms with van der Waals surface area (Å²) in [4.78, 5) is 17.3. The van der Waals surface area contributed by atoms with E-state index in [2.05, 4.69) is 25.3 Å². The van der Waals surface area contributed by atoms with Gasteiger partial charge in [-0.1, -0.05) is 0 Å². The van der Waals surface area contributed by atoms with Crippen molar-refractivity contribution in [1.29, 1.82) is 0 Å². The molecule has 0 amide bonds. The van der Waals surface area contributed by atoms with Crippen LogP contribution in [0.1, 0.15) is 24.8 Å². The van der Waals surface area contributed by atoms with Gasteiger partial charge in [0.1, 0.15) is 34.1 Å². The number of hydrogen-bond acceptors (Lipinski definition) is 9. The molecule has 1 saturated carbocycles. The number of methoxy groups -OCH3 is 1. The minimum absolute atomic E-state index is 0.0275. The number of pyridine rings is 1. The summed E-state index contributed by atoms with van der Waals surface area (Å²) in [7, 11) is -1.87. The Labute approximate surface area is 195 Å². The average Bonchev–Trinajstić information content (AvgIpc) is 2.78. The van der Waals surface area contributed by atoms with E-state index in [9.17, 15) is 13.5 Å². The van der Waals surface area contributed by atoms with Crippen LogP contribution in [0.15, 0.2) is 41.7 Å². The van der Waals surface area contributed by atoms with Gasteiger partial charge in [-0.25, -0.2) is 23.7 Å². The standard InChI is InChI=1S/C22H24F2N6O3S/c1-33-17-10-27-18-16(29-17)5-8-26-19(18)28-13-3-4-15(24)14(9-13)21(11-23)12-34(31,32)22(6-2-7-22)20(25)30-21/h3-5,8-10,31-32H,2,6-7,11-12H2,1H3,(H2,25,30)(H,26,28)/t21-/m1/s1. The highest BCUT2D eigenvalue weighted by Crippen LogP contribution is 2.66. The van der Waals surface area contributed by atoms with Crippen LogP contribution in [0, 0.1) is 5.82 Å². The minimum atomic E-state index is -3.35. The third kappa shape index (κ3) is 3.36. The molecule has 2 aromatic heterocycles. The molecule has 0 unspecified atom stereocenters. The van der Waals surface area contributed by atoms with Gasteiger partial charge in [0.2, 0.25) is 5.88 Å². The number of aliphatic imine (C=N–C) groups is 1. The smallest absolute Gasteiger partial charge is 0.232 e. The Kier molecular flexibility index (Phi) is 5.34. The maximum atomic E-state index is 15.0. The van der Waals surface area contributed by atoms with Crippen molar-refractivity contribution in [2.75, 3.05) is 24.9 Å². The SMILES string of the molecule is COc1cnc2c(Nc3ccc(F)c([C@@]4(CF)CS(O)(O)C5(CCC5)C(N)=N4)c3)nccc2n1. The van der Waals surface area contributed by atoms with Crippen molar-refractivity contribution in [1.82, 2.24) is 15.0 Å². The number of halogens is 2. The fraction of sp³-hybridized carbons (Fsp3) is 0.364. The van der Waals surface area contributed by atoms with Gasteiger partial charge in [0, 0.05) is 17.4 Å². The molecule has 1 aliphatic carbocycles. The second kappa shape index (κ2) is 8.00. The number of fused-ring (bicyclic) bond motifs is 1. The van der Waals surface area contributed by atoms with Crippen LogP contribution in [-0.2, 0) is 5.54 Å². The summed E-state index contributed by atoms with van der Waals surface area (Å²) in [5.74, 6) is -0.497. The Morgan fingerprint density at radius 2 is 2.03 bits per heavy atom. The van der Waals surface area contributed by atoms with Crippen molar-refractivity contribution in [3.63, 3.8) is 0 Å². The number of nitrogens with two attached hydrogens (primary N) is 1. The lowest BCUT2D eigenvalue weighted by molar-refractivity contribution is 0.291. The molecule has 5 N–H and O–H groups in total. The molecule has 0 bridgehead atoms. The number of ether oxygens (including phenoxy) is 1. The van der Waals surface area contributed by atoms with Gasteiger partial charge < -0.3 is 15.8 Å². The maximum absolute atomic E-state index is 15.0. The van der Waals surface area contributed by atoms with Crippen LogP contribution in [0.5, 0.6) is 5.88 Å². The number of amidine groups is 1. The molecule has 34 heavy (non-hydrogen) atoms. The van der Waals surface area contributed by atoms with E-state index < -0.39 is 39.1 Å². The molecular weight excluding hydrogens is 466 g/mol. The van der Waals surface area contributed by atoms with E-state index >= 15 is 4.39 Å². The molecule has 1 spiro atoms. The fourth-order valence-electron chi connectivity index (χ4n) is 4.58. The lowest BCUT2D eigenvalue weighted by Crippen LogP contribution is -2.60. The molecule has 3 heterocycles. The first-order chi connectivity index (χ1) is 16.2. The highest BCUT2D eigenvalue weighted by atomic mass is 32.3. The first kappa shape index (κ1) is 22.7. The molecule has 0 saturated heterocycles. The number of anilines is 2. The Morgan fingerprint density at radius 3 is 2.68 bits per heavy atom. The molecular formula is C22H24F2N6O3S. The molecule has 12 heteroatoms. The lowest BCUT2D eigenvalue weighted by Gasteiger charge is -2.60. The second-order valence-electron chi connectivity index (χ2n) is 8.58. The minimum Gasteiger partial charge on any atom is -0.480 e. The average molecular weight is 491 g/mol. The zero-order chi connectivity index (χ0) is 24.1. The van der Waals surface area contributed by atoms with Crippen LogP contribution in [0.3, 0.4) is 0 Å². The molecule has 1 aromatic carbocycles. The number of alkyl halides is 1. The number of benzene rings is 1. The van der Waals surface area contributed by atoms with Gasteiger partial charge >= 0.3 is 0 Å². The summed E-state index contributed by atoms with van der Waals surface area (Å²) in [6.45, 7) is -1.14. The van der Waals surface area contributed by atoms with E-state index in [1.165, 1.54) is 37.7 Å². The monoisotopic (exact) mass is 490 g/mol. The Morgan fingerprint density at radius 1 is 1.24 bits per heavy atom. The summed E-state index contributed by atoms with van der Waals surface area (Å²) in [5.41, 5.74) is 5.56. The highest BCUT2D eigenvalue weighted by Gasteiger charge is 2.59. The normalized spacial score (nSPS) is 23.7. The summed E-state index contributed by atoms with van der Waals surface area (Å²) in [6.07, 6.45) is 4.69. The zero-order valence-corrected chi connectivity index (χ0v) is 19.1. The van der Waals surface area contributed by atoms with Gasteiger partial charge in [-0.15, -0.1) is 0 Å². The lowest BCUT2D eigenvalue weighted by atomic mass is 9.82. The van der Waals surface area contributed by atoms with E-state index in [1.807, 2.05) is 0 Å². The van der Waals surface area contributed by atoms with Crippen molar-refractivity contribution in [3.05, 3.63) is 48.0 Å². The topological polar surface area (TPSA) is 139 Å². The van der Waals surface area contributed by atoms with E-state index in [4.69, 9.17) is 10.5 Å². The number of hydrogen-bond donors (Lipinski definition) is 4. The van der Waals surface area contributed by atoms with Crippen LogP contribution in [0.2, 0.25) is 0 Å². The first-order valence-corrected chi connectivity index (χ1v) is 12.4. The Hall–Kier alpha value is -3.09. The summed E-state index contributed by atoms with van der Waals surface area (Å²) < 4.78 is 55.5. The van der Waals surface area contributed by atoms with E-state index in [1.54, 1.807) is 6.07 Å². The van der Waals surface area contributed by atoms with Crippen molar-refractivity contribution in [2.24, 2.45) is 10.7 Å². The number of nitrogens with zero attached hydrogens (tertiary/aromatic N) is 4. The summed E-state index contributed by atoms with van der Waals surface area (Å²) in [5, 5.41) is 3.06. The second-order valence-corrected chi connectivity index (χ2v) is 11.0. The van der Waals surface area contributed by atoms with Gasteiger partial charge in [0.25, 0.3) is 0 Å². The third-order valence-electron chi connectivity index (χ3n) is 6.63. The predicted molar refractivity (Wildman–Crippen MR) is 127 cm³/mol. The quantitative estimate of drug-likeness (QED) is 0.419. The van der Waals surface area contributed by atoms with E-state index in [-0.39, 0.29) is 11.4 Å². The van der Waals surface area contributed by atoms with Crippen molar-refractivity contribution in [2.45, 2.75) is 29.5 Å². The van der Waals surface area contributed by atoms with Crippen LogP contribution < -0.4 is 15.8 Å². The van der Waals surface area contributed by atoms with E-state index in [0.717, 1.165) is 6.42 Å². The summed E-state index contributed by atoms with van der Waals surface area (Å²) >= 11 is 0. The molecule has 5 rings (SSSR count). The van der Waals surface area contributed by atoms with Crippen molar-refractivity contribution < 1.29 is 22.6 Å². The van der Waals surface area contributed by atoms with Gasteiger partial charge in [-0.2, -0.15) is 10.6 Å². The first-order valence-electron chi connectivity index (χ1n) is 10.6. The molecule has 0 radical (unpaired) electrons. The van der Waals surface area contributed by atoms with Crippen molar-refractivity contribution >= 4 is 39.0 Å². The van der Waals surface area contributed by atoms with Gasteiger partial charge in [0.05, 0.1) is 24.6 Å². The van der Waals surface area contributed by atoms with Gasteiger partial charge in [-0.3, -0.25) is 14.1 Å². The third-order valence-corrected chi connectivity index (χ3v) is 9.38. The van der Waals surface area contributed by atoms with Crippen LogP contribution in [0.25, 0.3) is 11.0 Å². The van der Waals surface area contributed by atoms with Crippen LogP contribution in [-0.4, -0.2) is 54.2 Å².